The predicted molar refractivity (Wildman–Crippen MR) is 147 cm³/mol. The van der Waals surface area contributed by atoms with Crippen molar-refractivity contribution in [3.8, 4) is 5.69 Å². The van der Waals surface area contributed by atoms with Gasteiger partial charge in [0.1, 0.15) is 11.4 Å². The topological polar surface area (TPSA) is 106 Å². The molecule has 2 aromatic carbocycles. The molecule has 1 aliphatic rings. The Morgan fingerprint density at radius 2 is 1.89 bits per heavy atom. The first kappa shape index (κ1) is 27.0. The molecule has 3 N–H and O–H groups in total. The minimum Gasteiger partial charge on any atom is -0.398 e. The molecule has 200 valence electrons. The zero-order valence-corrected chi connectivity index (χ0v) is 22.0. The lowest BCUT2D eigenvalue weighted by Gasteiger charge is -2.26. The van der Waals surface area contributed by atoms with Gasteiger partial charge in [-0.1, -0.05) is 19.9 Å². The fraction of sp³-hybridized carbons (Fsp3) is 0.357. The number of nitrogens with one attached hydrogen (secondary N) is 1. The highest BCUT2D eigenvalue weighted by Crippen LogP contribution is 2.37. The van der Waals surface area contributed by atoms with Crippen LogP contribution in [0, 0.1) is 17.6 Å². The van der Waals surface area contributed by atoms with Gasteiger partial charge < -0.3 is 16.0 Å². The number of nitrogens with zero attached hydrogens (tertiary/aromatic N) is 4. The molecule has 4 rings (SSSR count). The molecule has 1 aliphatic heterocycles. The summed E-state index contributed by atoms with van der Waals surface area (Å²) in [4.78, 5) is 32.6. The lowest BCUT2D eigenvalue weighted by atomic mass is 10.0. The van der Waals surface area contributed by atoms with Crippen molar-refractivity contribution >= 4 is 29.2 Å². The number of aromatic nitrogens is 2. The van der Waals surface area contributed by atoms with Crippen LogP contribution in [0.5, 0.6) is 0 Å². The number of carbonyl (C=O) groups is 1. The molecule has 2 heterocycles. The Morgan fingerprint density at radius 3 is 2.53 bits per heavy atom. The Labute approximate surface area is 220 Å². The van der Waals surface area contributed by atoms with Crippen molar-refractivity contribution in [1.29, 1.82) is 0 Å². The highest BCUT2D eigenvalue weighted by atomic mass is 19.1. The molecule has 0 spiro atoms. The smallest absolute Gasteiger partial charge is 0.276 e. The summed E-state index contributed by atoms with van der Waals surface area (Å²) >= 11 is 0. The van der Waals surface area contributed by atoms with Gasteiger partial charge in [-0.05, 0) is 62.9 Å². The van der Waals surface area contributed by atoms with Crippen molar-refractivity contribution in [3.05, 3.63) is 75.7 Å². The van der Waals surface area contributed by atoms with Gasteiger partial charge in [0.25, 0.3) is 11.5 Å². The summed E-state index contributed by atoms with van der Waals surface area (Å²) in [5, 5.41) is 6.83. The third-order valence-corrected chi connectivity index (χ3v) is 6.83. The molecule has 0 radical (unpaired) electrons. The monoisotopic (exact) mass is 522 g/mol. The molecule has 1 fully saturated rings. The highest BCUT2D eigenvalue weighted by molar-refractivity contribution is 6.08. The van der Waals surface area contributed by atoms with Gasteiger partial charge in [0, 0.05) is 36.6 Å². The maximum atomic E-state index is 14.3. The van der Waals surface area contributed by atoms with Crippen molar-refractivity contribution in [2.24, 2.45) is 10.9 Å². The van der Waals surface area contributed by atoms with E-state index in [1.165, 1.54) is 12.1 Å². The van der Waals surface area contributed by atoms with Gasteiger partial charge in [-0.2, -0.15) is 9.78 Å². The number of hydrogen-bond donors (Lipinski definition) is 2. The molecule has 1 amide bonds. The average Bonchev–Trinajstić information content (AvgIpc) is 3.30. The summed E-state index contributed by atoms with van der Waals surface area (Å²) in [7, 11) is 0. The standard InChI is InChI=1S/C28H32F2N6O2/c1-5-28(3,4)32-15-18-21(31)9-10-22(25(18)35-14-13-17(2)16-35)33-27(38)23-11-12-24(37)36(34-23)26-19(29)7-6-8-20(26)30/h6-12,15,17H,5,13-14,16,31H2,1-4H3,(H,33,38)/t17-/m0/s1. The van der Waals surface area contributed by atoms with E-state index in [0.717, 1.165) is 49.8 Å². The number of hydrogen-bond acceptors (Lipinski definition) is 6. The fourth-order valence-electron chi connectivity index (χ4n) is 4.24. The van der Waals surface area contributed by atoms with Crippen molar-refractivity contribution in [2.45, 2.75) is 46.1 Å². The maximum Gasteiger partial charge on any atom is 0.276 e. The number of nitrogens with two attached hydrogens (primary N) is 1. The molecule has 0 bridgehead atoms. The minimum absolute atomic E-state index is 0.188. The summed E-state index contributed by atoms with van der Waals surface area (Å²) in [6.45, 7) is 9.83. The summed E-state index contributed by atoms with van der Waals surface area (Å²) < 4.78 is 29.2. The summed E-state index contributed by atoms with van der Waals surface area (Å²) in [5.41, 5.74) is 6.93. The van der Waals surface area contributed by atoms with E-state index in [1.807, 2.05) is 13.8 Å². The summed E-state index contributed by atoms with van der Waals surface area (Å²) in [6, 6.07) is 8.88. The van der Waals surface area contributed by atoms with Crippen LogP contribution >= 0.6 is 0 Å². The highest BCUT2D eigenvalue weighted by Gasteiger charge is 2.26. The molecule has 1 saturated heterocycles. The van der Waals surface area contributed by atoms with Gasteiger partial charge in [0.05, 0.1) is 16.9 Å². The van der Waals surface area contributed by atoms with Crippen LogP contribution in [0.3, 0.4) is 0 Å². The Kier molecular flexibility index (Phi) is 7.61. The fourth-order valence-corrected chi connectivity index (χ4v) is 4.24. The van der Waals surface area contributed by atoms with E-state index in [-0.39, 0.29) is 11.2 Å². The molecule has 1 aromatic heterocycles. The molecule has 1 atom stereocenters. The number of amides is 1. The first-order valence-electron chi connectivity index (χ1n) is 12.6. The number of rotatable bonds is 7. The van der Waals surface area contributed by atoms with E-state index in [1.54, 1.807) is 18.3 Å². The second kappa shape index (κ2) is 10.7. The predicted octanol–water partition coefficient (Wildman–Crippen LogP) is 4.80. The van der Waals surface area contributed by atoms with E-state index in [0.29, 0.717) is 27.5 Å². The zero-order valence-electron chi connectivity index (χ0n) is 22.0. The minimum atomic E-state index is -0.972. The molecule has 8 nitrogen and oxygen atoms in total. The number of para-hydroxylation sites is 1. The van der Waals surface area contributed by atoms with Crippen molar-refractivity contribution in [3.63, 3.8) is 0 Å². The third-order valence-electron chi connectivity index (χ3n) is 6.83. The first-order chi connectivity index (χ1) is 18.0. The lowest BCUT2D eigenvalue weighted by Crippen LogP contribution is -2.27. The Hall–Kier alpha value is -4.08. The molecular formula is C28H32F2N6O2. The Balaban J connectivity index is 1.76. The largest absolute Gasteiger partial charge is 0.398 e. The molecule has 3 aromatic rings. The van der Waals surface area contributed by atoms with Crippen molar-refractivity contribution in [2.75, 3.05) is 29.0 Å². The molecule has 38 heavy (non-hydrogen) atoms. The third kappa shape index (κ3) is 5.58. The van der Waals surface area contributed by atoms with Crippen molar-refractivity contribution in [1.82, 2.24) is 9.78 Å². The SMILES string of the molecule is CCC(C)(C)N=Cc1c(N)ccc(NC(=O)c2ccc(=O)n(-c3c(F)cccc3F)n2)c1N1CC[C@H](C)C1. The van der Waals surface area contributed by atoms with Crippen LogP contribution in [-0.4, -0.2) is 40.5 Å². The van der Waals surface area contributed by atoms with Crippen LogP contribution in [0.25, 0.3) is 5.69 Å². The average molecular weight is 523 g/mol. The summed E-state index contributed by atoms with van der Waals surface area (Å²) in [6.07, 6.45) is 3.58. The number of benzene rings is 2. The first-order valence-corrected chi connectivity index (χ1v) is 12.6. The van der Waals surface area contributed by atoms with Crippen LogP contribution in [0.1, 0.15) is 56.6 Å². The summed E-state index contributed by atoms with van der Waals surface area (Å²) in [5.74, 6) is -2.14. The van der Waals surface area contributed by atoms with E-state index >= 15 is 0 Å². The number of halogens is 2. The van der Waals surface area contributed by atoms with Gasteiger partial charge >= 0.3 is 0 Å². The number of anilines is 3. The van der Waals surface area contributed by atoms with Gasteiger partial charge in [-0.15, -0.1) is 0 Å². The number of aliphatic imine (C=N–C) groups is 1. The van der Waals surface area contributed by atoms with Gasteiger partial charge in [0.15, 0.2) is 11.6 Å². The van der Waals surface area contributed by atoms with Crippen molar-refractivity contribution < 1.29 is 13.6 Å². The van der Waals surface area contributed by atoms with E-state index in [2.05, 4.69) is 29.2 Å². The Bertz CT molecular complexity index is 1430. The maximum absolute atomic E-state index is 14.3. The van der Waals surface area contributed by atoms with E-state index in [4.69, 9.17) is 10.7 Å². The Morgan fingerprint density at radius 1 is 1.18 bits per heavy atom. The van der Waals surface area contributed by atoms with Gasteiger partial charge in [-0.25, -0.2) is 8.78 Å². The number of nitrogen functional groups attached to an aromatic ring is 1. The molecule has 0 aliphatic carbocycles. The van der Waals surface area contributed by atoms with Gasteiger partial charge in [-0.3, -0.25) is 14.6 Å². The van der Waals surface area contributed by atoms with Crippen LogP contribution in [-0.2, 0) is 0 Å². The number of carbonyl (C=O) groups excluding carboxylic acids is 1. The van der Waals surface area contributed by atoms with Gasteiger partial charge in [0.2, 0.25) is 0 Å². The molecule has 0 unspecified atom stereocenters. The normalized spacial score (nSPS) is 15.8. The second-order valence-corrected chi connectivity index (χ2v) is 10.2. The molecular weight excluding hydrogens is 490 g/mol. The molecule has 10 heteroatoms. The lowest BCUT2D eigenvalue weighted by molar-refractivity contribution is 0.102. The van der Waals surface area contributed by atoms with Crippen LogP contribution in [0.15, 0.2) is 52.3 Å². The van der Waals surface area contributed by atoms with E-state index in [9.17, 15) is 18.4 Å². The van der Waals surface area contributed by atoms with Crippen LogP contribution < -0.4 is 21.5 Å². The second-order valence-electron chi connectivity index (χ2n) is 10.2. The van der Waals surface area contributed by atoms with E-state index < -0.39 is 28.8 Å². The van der Waals surface area contributed by atoms with Crippen LogP contribution in [0.2, 0.25) is 0 Å². The van der Waals surface area contributed by atoms with Crippen LogP contribution in [0.4, 0.5) is 25.8 Å². The quantitative estimate of drug-likeness (QED) is 0.343. The zero-order chi connectivity index (χ0) is 27.6. The molecule has 0 saturated carbocycles.